The van der Waals surface area contributed by atoms with Gasteiger partial charge in [0, 0.05) is 0 Å². The molecule has 0 saturated carbocycles. The first-order valence-corrected chi connectivity index (χ1v) is 3.78. The summed E-state index contributed by atoms with van der Waals surface area (Å²) in [6, 6.07) is 0. The van der Waals surface area contributed by atoms with Crippen molar-refractivity contribution in [2.75, 3.05) is 0 Å². The van der Waals surface area contributed by atoms with Crippen molar-refractivity contribution >= 4 is 0 Å². The zero-order valence-electron chi connectivity index (χ0n) is 6.32. The fourth-order valence-corrected chi connectivity index (χ4v) is 1.40. The molecule has 1 N–H and O–H groups in total. The molecule has 4 nitrogen and oxygen atoms in total. The SMILES string of the molecule is CC1CCc2nonc2C1O. The highest BCUT2D eigenvalue weighted by molar-refractivity contribution is 5.14. The molecule has 0 aliphatic heterocycles. The average Bonchev–Trinajstić information content (AvgIpc) is 2.45. The van der Waals surface area contributed by atoms with Crippen LogP contribution in [0, 0.1) is 5.92 Å². The number of aromatic nitrogens is 2. The van der Waals surface area contributed by atoms with E-state index in [0.29, 0.717) is 5.69 Å². The van der Waals surface area contributed by atoms with Crippen molar-refractivity contribution in [3.63, 3.8) is 0 Å². The van der Waals surface area contributed by atoms with Gasteiger partial charge in [0.25, 0.3) is 0 Å². The summed E-state index contributed by atoms with van der Waals surface area (Å²) in [5.41, 5.74) is 1.44. The lowest BCUT2D eigenvalue weighted by Crippen LogP contribution is -2.17. The van der Waals surface area contributed by atoms with Crippen LogP contribution in [0.2, 0.25) is 0 Å². The first-order chi connectivity index (χ1) is 5.29. The van der Waals surface area contributed by atoms with E-state index in [1.54, 1.807) is 0 Å². The summed E-state index contributed by atoms with van der Waals surface area (Å²) in [5, 5.41) is 16.9. The Labute approximate surface area is 64.2 Å². The zero-order chi connectivity index (χ0) is 7.84. The van der Waals surface area contributed by atoms with Crippen LogP contribution in [0.4, 0.5) is 0 Å². The van der Waals surface area contributed by atoms with E-state index in [1.807, 2.05) is 6.92 Å². The minimum atomic E-state index is -0.481. The van der Waals surface area contributed by atoms with Crippen molar-refractivity contribution in [2.45, 2.75) is 25.9 Å². The predicted octanol–water partition coefficient (Wildman–Crippen LogP) is 0.685. The second-order valence-corrected chi connectivity index (χ2v) is 3.06. The lowest BCUT2D eigenvalue weighted by molar-refractivity contribution is 0.0966. The van der Waals surface area contributed by atoms with Crippen LogP contribution in [-0.4, -0.2) is 15.4 Å². The number of aryl methyl sites for hydroxylation is 1. The monoisotopic (exact) mass is 154 g/mol. The molecule has 11 heavy (non-hydrogen) atoms. The summed E-state index contributed by atoms with van der Waals surface area (Å²) >= 11 is 0. The van der Waals surface area contributed by atoms with Crippen molar-refractivity contribution in [2.24, 2.45) is 5.92 Å². The summed E-state index contributed by atoms with van der Waals surface area (Å²) in [6.45, 7) is 2.00. The van der Waals surface area contributed by atoms with Gasteiger partial charge in [0.1, 0.15) is 17.5 Å². The molecule has 1 aliphatic carbocycles. The number of nitrogens with zero attached hydrogens (tertiary/aromatic N) is 2. The fraction of sp³-hybridized carbons (Fsp3) is 0.714. The Hall–Kier alpha value is -0.900. The van der Waals surface area contributed by atoms with Gasteiger partial charge in [-0.3, -0.25) is 0 Å². The van der Waals surface area contributed by atoms with Crippen molar-refractivity contribution in [3.05, 3.63) is 11.4 Å². The highest BCUT2D eigenvalue weighted by atomic mass is 16.6. The molecule has 1 aromatic heterocycles. The number of aliphatic hydroxyl groups is 1. The minimum absolute atomic E-state index is 0.273. The highest BCUT2D eigenvalue weighted by Gasteiger charge is 2.28. The first-order valence-electron chi connectivity index (χ1n) is 3.78. The number of hydrogen-bond acceptors (Lipinski definition) is 4. The van der Waals surface area contributed by atoms with Crippen molar-refractivity contribution in [3.8, 4) is 0 Å². The molecule has 2 unspecified atom stereocenters. The Morgan fingerprint density at radius 3 is 3.18 bits per heavy atom. The van der Waals surface area contributed by atoms with Crippen LogP contribution in [0.15, 0.2) is 4.63 Å². The normalized spacial score (nSPS) is 30.0. The lowest BCUT2D eigenvalue weighted by Gasteiger charge is -2.20. The molecule has 1 aromatic rings. The van der Waals surface area contributed by atoms with Crippen LogP contribution < -0.4 is 0 Å². The van der Waals surface area contributed by atoms with Crippen molar-refractivity contribution in [1.29, 1.82) is 0 Å². The molecule has 60 valence electrons. The Bertz CT molecular complexity index is 259. The van der Waals surface area contributed by atoms with Gasteiger partial charge in [-0.2, -0.15) is 0 Å². The topological polar surface area (TPSA) is 59.2 Å². The van der Waals surface area contributed by atoms with Crippen LogP contribution in [0.5, 0.6) is 0 Å². The average molecular weight is 154 g/mol. The summed E-state index contributed by atoms with van der Waals surface area (Å²) in [6.07, 6.45) is 1.35. The molecule has 0 radical (unpaired) electrons. The molecule has 0 saturated heterocycles. The molecule has 0 amide bonds. The molecule has 0 aromatic carbocycles. The maximum Gasteiger partial charge on any atom is 0.137 e. The van der Waals surface area contributed by atoms with Crippen LogP contribution in [-0.2, 0) is 6.42 Å². The van der Waals surface area contributed by atoms with Gasteiger partial charge in [0.2, 0.25) is 0 Å². The highest BCUT2D eigenvalue weighted by Crippen LogP contribution is 2.31. The number of fused-ring (bicyclic) bond motifs is 1. The Morgan fingerprint density at radius 1 is 1.55 bits per heavy atom. The van der Waals surface area contributed by atoms with Gasteiger partial charge in [-0.25, -0.2) is 4.63 Å². The van der Waals surface area contributed by atoms with E-state index in [1.165, 1.54) is 0 Å². The number of rotatable bonds is 0. The zero-order valence-corrected chi connectivity index (χ0v) is 6.32. The predicted molar refractivity (Wildman–Crippen MR) is 36.7 cm³/mol. The van der Waals surface area contributed by atoms with Gasteiger partial charge in [-0.1, -0.05) is 17.2 Å². The third-order valence-corrected chi connectivity index (χ3v) is 2.24. The van der Waals surface area contributed by atoms with E-state index in [9.17, 15) is 5.11 Å². The van der Waals surface area contributed by atoms with Gasteiger partial charge in [-0.15, -0.1) is 0 Å². The van der Waals surface area contributed by atoms with E-state index in [4.69, 9.17) is 0 Å². The summed E-state index contributed by atoms with van der Waals surface area (Å²) in [5.74, 6) is 0.273. The molecular formula is C7H10N2O2. The molecule has 0 bridgehead atoms. The summed E-state index contributed by atoms with van der Waals surface area (Å²) in [4.78, 5) is 0. The largest absolute Gasteiger partial charge is 0.386 e. The van der Waals surface area contributed by atoms with E-state index < -0.39 is 6.10 Å². The molecule has 2 rings (SSSR count). The first kappa shape index (κ1) is 6.79. The van der Waals surface area contributed by atoms with Crippen molar-refractivity contribution in [1.82, 2.24) is 10.3 Å². The molecule has 2 atom stereocenters. The molecule has 0 fully saturated rings. The van der Waals surface area contributed by atoms with Gasteiger partial charge in [0.05, 0.1) is 0 Å². The third-order valence-electron chi connectivity index (χ3n) is 2.24. The fourth-order valence-electron chi connectivity index (χ4n) is 1.40. The number of hydrogen-bond donors (Lipinski definition) is 1. The second kappa shape index (κ2) is 2.30. The molecule has 1 heterocycles. The van der Waals surface area contributed by atoms with Crippen LogP contribution in [0.25, 0.3) is 0 Å². The summed E-state index contributed by atoms with van der Waals surface area (Å²) < 4.78 is 4.53. The standard InChI is InChI=1S/C7H10N2O2/c1-4-2-3-5-6(7(4)10)9-11-8-5/h4,7,10H,2-3H2,1H3. The van der Waals surface area contributed by atoms with E-state index in [2.05, 4.69) is 14.9 Å². The van der Waals surface area contributed by atoms with E-state index in [0.717, 1.165) is 18.5 Å². The van der Waals surface area contributed by atoms with Crippen LogP contribution in [0.3, 0.4) is 0 Å². The molecule has 1 aliphatic rings. The smallest absolute Gasteiger partial charge is 0.137 e. The van der Waals surface area contributed by atoms with E-state index in [-0.39, 0.29) is 5.92 Å². The van der Waals surface area contributed by atoms with Gasteiger partial charge in [-0.05, 0) is 18.8 Å². The van der Waals surface area contributed by atoms with Crippen LogP contribution in [0.1, 0.15) is 30.8 Å². The molecular weight excluding hydrogens is 144 g/mol. The van der Waals surface area contributed by atoms with Gasteiger partial charge < -0.3 is 5.11 Å². The molecule has 0 spiro atoms. The Balaban J connectivity index is 2.38. The maximum atomic E-state index is 9.56. The Kier molecular flexibility index (Phi) is 1.42. The summed E-state index contributed by atoms with van der Waals surface area (Å²) in [7, 11) is 0. The van der Waals surface area contributed by atoms with Crippen LogP contribution >= 0.6 is 0 Å². The third kappa shape index (κ3) is 0.939. The Morgan fingerprint density at radius 2 is 2.36 bits per heavy atom. The number of aliphatic hydroxyl groups excluding tert-OH is 1. The second-order valence-electron chi connectivity index (χ2n) is 3.06. The van der Waals surface area contributed by atoms with E-state index >= 15 is 0 Å². The van der Waals surface area contributed by atoms with Gasteiger partial charge >= 0.3 is 0 Å². The lowest BCUT2D eigenvalue weighted by atomic mass is 9.89. The van der Waals surface area contributed by atoms with Crippen molar-refractivity contribution < 1.29 is 9.74 Å². The maximum absolute atomic E-state index is 9.56. The minimum Gasteiger partial charge on any atom is -0.386 e. The molecule has 4 heteroatoms. The quantitative estimate of drug-likeness (QED) is 0.597. The van der Waals surface area contributed by atoms with Gasteiger partial charge in [0.15, 0.2) is 0 Å².